The Labute approximate surface area is 96.8 Å². The summed E-state index contributed by atoms with van der Waals surface area (Å²) < 4.78 is 51.5. The first-order chi connectivity index (χ1) is 7.98. The molecule has 1 nitrogen and oxygen atoms in total. The summed E-state index contributed by atoms with van der Waals surface area (Å²) in [6.07, 6.45) is -2.93. The van der Waals surface area contributed by atoms with E-state index in [2.05, 4.69) is 5.32 Å². The minimum Gasteiger partial charge on any atom is -0.316 e. The molecule has 1 saturated heterocycles. The molecule has 0 saturated carbocycles. The van der Waals surface area contributed by atoms with Gasteiger partial charge in [-0.15, -0.1) is 0 Å². The fraction of sp³-hybridized carbons (Fsp3) is 0.500. The molecule has 0 bridgehead atoms. The molecule has 1 atom stereocenters. The van der Waals surface area contributed by atoms with E-state index in [0.29, 0.717) is 13.0 Å². The zero-order chi connectivity index (χ0) is 12.5. The molecule has 0 aliphatic carbocycles. The van der Waals surface area contributed by atoms with Gasteiger partial charge in [-0.2, -0.15) is 13.2 Å². The fourth-order valence-corrected chi connectivity index (χ4v) is 2.25. The Hall–Kier alpha value is -1.10. The maximum Gasteiger partial charge on any atom is 0.416 e. The number of hydrogen-bond acceptors (Lipinski definition) is 1. The van der Waals surface area contributed by atoms with E-state index in [-0.39, 0.29) is 11.5 Å². The van der Waals surface area contributed by atoms with Crippen molar-refractivity contribution in [3.05, 3.63) is 35.1 Å². The van der Waals surface area contributed by atoms with E-state index in [9.17, 15) is 17.6 Å². The third-order valence-electron chi connectivity index (χ3n) is 3.06. The molecule has 0 radical (unpaired) electrons. The van der Waals surface area contributed by atoms with E-state index < -0.39 is 17.6 Å². The molecular formula is C12H13F4N. The van der Waals surface area contributed by atoms with Crippen molar-refractivity contribution in [3.63, 3.8) is 0 Å². The summed E-state index contributed by atoms with van der Waals surface area (Å²) >= 11 is 0. The second-order valence-electron chi connectivity index (χ2n) is 4.27. The lowest BCUT2D eigenvalue weighted by atomic mass is 9.88. The second-order valence-corrected chi connectivity index (χ2v) is 4.27. The van der Waals surface area contributed by atoms with Crippen LogP contribution < -0.4 is 5.32 Å². The van der Waals surface area contributed by atoms with Crippen molar-refractivity contribution < 1.29 is 17.6 Å². The monoisotopic (exact) mass is 247 g/mol. The van der Waals surface area contributed by atoms with Gasteiger partial charge >= 0.3 is 6.18 Å². The highest BCUT2D eigenvalue weighted by atomic mass is 19.4. The Bertz CT molecular complexity index is 394. The summed E-state index contributed by atoms with van der Waals surface area (Å²) in [4.78, 5) is 0. The first-order valence-corrected chi connectivity index (χ1v) is 5.56. The molecule has 0 amide bonds. The van der Waals surface area contributed by atoms with Crippen molar-refractivity contribution in [3.8, 4) is 0 Å². The van der Waals surface area contributed by atoms with Gasteiger partial charge in [-0.25, -0.2) is 4.39 Å². The summed E-state index contributed by atoms with van der Waals surface area (Å²) in [5.74, 6) is -0.866. The van der Waals surface area contributed by atoms with Crippen LogP contribution in [0.3, 0.4) is 0 Å². The molecule has 1 aromatic rings. The predicted molar refractivity (Wildman–Crippen MR) is 56.2 cm³/mol. The molecule has 1 unspecified atom stereocenters. The Balaban J connectivity index is 2.39. The van der Waals surface area contributed by atoms with Gasteiger partial charge in [0.2, 0.25) is 0 Å². The van der Waals surface area contributed by atoms with E-state index in [0.717, 1.165) is 31.2 Å². The number of halogens is 4. The van der Waals surface area contributed by atoms with Crippen LogP contribution in [0.5, 0.6) is 0 Å². The Morgan fingerprint density at radius 2 is 2.00 bits per heavy atom. The Morgan fingerprint density at radius 1 is 1.24 bits per heavy atom. The number of benzene rings is 1. The van der Waals surface area contributed by atoms with Gasteiger partial charge in [0.15, 0.2) is 0 Å². The van der Waals surface area contributed by atoms with Crippen LogP contribution in [0.2, 0.25) is 0 Å². The van der Waals surface area contributed by atoms with E-state index in [4.69, 9.17) is 0 Å². The normalized spacial score (nSPS) is 21.5. The Kier molecular flexibility index (Phi) is 3.38. The molecule has 17 heavy (non-hydrogen) atoms. The van der Waals surface area contributed by atoms with E-state index in [1.807, 2.05) is 0 Å². The lowest BCUT2D eigenvalue weighted by Gasteiger charge is -2.25. The molecule has 1 N–H and O–H groups in total. The third kappa shape index (κ3) is 2.77. The van der Waals surface area contributed by atoms with Gasteiger partial charge in [0.05, 0.1) is 5.56 Å². The quantitative estimate of drug-likeness (QED) is 0.751. The van der Waals surface area contributed by atoms with Gasteiger partial charge in [0, 0.05) is 6.54 Å². The molecule has 2 rings (SSSR count). The highest BCUT2D eigenvalue weighted by molar-refractivity contribution is 5.34. The second kappa shape index (κ2) is 4.64. The molecule has 1 aromatic carbocycles. The van der Waals surface area contributed by atoms with Crippen LogP contribution in [-0.4, -0.2) is 13.1 Å². The molecular weight excluding hydrogens is 234 g/mol. The number of alkyl halides is 3. The highest BCUT2D eigenvalue weighted by Crippen LogP contribution is 2.37. The van der Waals surface area contributed by atoms with Gasteiger partial charge in [0.25, 0.3) is 0 Å². The minimum absolute atomic E-state index is 0.0738. The van der Waals surface area contributed by atoms with Crippen molar-refractivity contribution in [2.24, 2.45) is 0 Å². The first-order valence-electron chi connectivity index (χ1n) is 5.56. The molecule has 94 valence electrons. The van der Waals surface area contributed by atoms with Gasteiger partial charge in [0.1, 0.15) is 5.82 Å². The van der Waals surface area contributed by atoms with Gasteiger partial charge < -0.3 is 5.32 Å². The molecule has 5 heteroatoms. The smallest absolute Gasteiger partial charge is 0.316 e. The molecule has 1 aliphatic rings. The third-order valence-corrected chi connectivity index (χ3v) is 3.06. The highest BCUT2D eigenvalue weighted by Gasteiger charge is 2.35. The average molecular weight is 247 g/mol. The topological polar surface area (TPSA) is 12.0 Å². The van der Waals surface area contributed by atoms with E-state index >= 15 is 0 Å². The molecule has 1 heterocycles. The largest absolute Gasteiger partial charge is 0.416 e. The summed E-state index contributed by atoms with van der Waals surface area (Å²) in [7, 11) is 0. The van der Waals surface area contributed by atoms with Crippen LogP contribution >= 0.6 is 0 Å². The molecule has 0 aromatic heterocycles. The number of piperidine rings is 1. The predicted octanol–water partition coefficient (Wildman–Crippen LogP) is 3.31. The maximum absolute atomic E-state index is 13.1. The first kappa shape index (κ1) is 12.4. The average Bonchev–Trinajstić information content (AvgIpc) is 2.28. The van der Waals surface area contributed by atoms with Crippen LogP contribution in [0, 0.1) is 5.82 Å². The summed E-state index contributed by atoms with van der Waals surface area (Å²) in [6.45, 7) is 1.29. The maximum atomic E-state index is 13.1. The summed E-state index contributed by atoms with van der Waals surface area (Å²) in [5, 5.41) is 3.04. The van der Waals surface area contributed by atoms with Gasteiger partial charge in [-0.05, 0) is 49.1 Å². The Morgan fingerprint density at radius 3 is 2.59 bits per heavy atom. The molecule has 0 spiro atoms. The lowest BCUT2D eigenvalue weighted by molar-refractivity contribution is -0.138. The van der Waals surface area contributed by atoms with Crippen LogP contribution in [-0.2, 0) is 6.18 Å². The van der Waals surface area contributed by atoms with Crippen LogP contribution in [0.1, 0.15) is 29.9 Å². The van der Waals surface area contributed by atoms with Crippen molar-refractivity contribution in [2.45, 2.75) is 24.9 Å². The van der Waals surface area contributed by atoms with E-state index in [1.54, 1.807) is 0 Å². The zero-order valence-corrected chi connectivity index (χ0v) is 9.15. The van der Waals surface area contributed by atoms with E-state index in [1.165, 1.54) is 0 Å². The molecule has 1 fully saturated rings. The fourth-order valence-electron chi connectivity index (χ4n) is 2.25. The lowest BCUT2D eigenvalue weighted by Crippen LogP contribution is -2.29. The summed E-state index contributed by atoms with van der Waals surface area (Å²) in [5.41, 5.74) is -0.641. The van der Waals surface area contributed by atoms with Crippen LogP contribution in [0.4, 0.5) is 17.6 Å². The van der Waals surface area contributed by atoms with Crippen molar-refractivity contribution in [1.29, 1.82) is 0 Å². The van der Waals surface area contributed by atoms with Gasteiger partial charge in [-0.3, -0.25) is 0 Å². The van der Waals surface area contributed by atoms with Crippen molar-refractivity contribution in [2.75, 3.05) is 13.1 Å². The van der Waals surface area contributed by atoms with Crippen LogP contribution in [0.25, 0.3) is 0 Å². The minimum atomic E-state index is -4.42. The van der Waals surface area contributed by atoms with Crippen molar-refractivity contribution in [1.82, 2.24) is 5.32 Å². The molecule has 1 aliphatic heterocycles. The summed E-state index contributed by atoms with van der Waals surface area (Å²) in [6, 6.07) is 2.71. The number of hydrogen-bond donors (Lipinski definition) is 1. The standard InChI is InChI=1S/C12H13F4N/c13-9-3-4-11(12(14,15)16)10(6-9)8-2-1-5-17-7-8/h3-4,6,8,17H,1-2,5,7H2. The van der Waals surface area contributed by atoms with Crippen molar-refractivity contribution >= 4 is 0 Å². The SMILES string of the molecule is Fc1ccc(C(F)(F)F)c(C2CCCNC2)c1. The zero-order valence-electron chi connectivity index (χ0n) is 9.15. The van der Waals surface area contributed by atoms with Gasteiger partial charge in [-0.1, -0.05) is 0 Å². The number of nitrogens with one attached hydrogen (secondary N) is 1. The van der Waals surface area contributed by atoms with Crippen LogP contribution in [0.15, 0.2) is 18.2 Å². The number of rotatable bonds is 1.